The Labute approximate surface area is 111 Å². The lowest BCUT2D eigenvalue weighted by Crippen LogP contribution is -2.32. The first-order valence-corrected chi connectivity index (χ1v) is 7.39. The van der Waals surface area contributed by atoms with Crippen molar-refractivity contribution in [1.29, 1.82) is 0 Å². The maximum Gasteiger partial charge on any atom is 0.223 e. The highest BCUT2D eigenvalue weighted by Gasteiger charge is 2.20. The topological polar surface area (TPSA) is 29.1 Å². The number of halogens is 1. The van der Waals surface area contributed by atoms with Gasteiger partial charge in [0.25, 0.3) is 0 Å². The number of amides is 1. The van der Waals surface area contributed by atoms with Crippen molar-refractivity contribution in [2.45, 2.75) is 19.4 Å². The molecule has 4 heteroatoms. The minimum atomic E-state index is 0.195. The fraction of sp³-hybridized carbons (Fsp3) is 0.462. The van der Waals surface area contributed by atoms with Crippen LogP contribution in [0.2, 0.25) is 5.02 Å². The second-order valence-electron chi connectivity index (χ2n) is 4.23. The van der Waals surface area contributed by atoms with Crippen molar-refractivity contribution in [1.82, 2.24) is 5.32 Å². The van der Waals surface area contributed by atoms with Crippen LogP contribution < -0.4 is 5.32 Å². The molecule has 92 valence electrons. The lowest BCUT2D eigenvalue weighted by Gasteiger charge is -2.20. The normalized spacial score (nSPS) is 16.8. The van der Waals surface area contributed by atoms with Crippen molar-refractivity contribution in [3.63, 3.8) is 0 Å². The molecule has 2 rings (SSSR count). The quantitative estimate of drug-likeness (QED) is 0.914. The number of hydrogen-bond acceptors (Lipinski definition) is 2. The van der Waals surface area contributed by atoms with Gasteiger partial charge in [0.1, 0.15) is 0 Å². The standard InChI is InChI=1S/C13H16ClNOS/c14-12-3-1-10(2-4-12)9-15-13(16)11-5-7-17-8-6-11/h1-4,11H,5-9H2,(H,15,16). The van der Waals surface area contributed by atoms with Gasteiger partial charge in [0.2, 0.25) is 5.91 Å². The van der Waals surface area contributed by atoms with Gasteiger partial charge in [-0.1, -0.05) is 23.7 Å². The van der Waals surface area contributed by atoms with Crippen LogP contribution in [0, 0.1) is 5.92 Å². The van der Waals surface area contributed by atoms with Crippen LogP contribution in [0.25, 0.3) is 0 Å². The Bertz CT molecular complexity index is 374. The molecule has 1 aliphatic heterocycles. The maximum atomic E-state index is 11.9. The van der Waals surface area contributed by atoms with Crippen molar-refractivity contribution in [3.8, 4) is 0 Å². The third kappa shape index (κ3) is 3.93. The highest BCUT2D eigenvalue weighted by molar-refractivity contribution is 7.99. The van der Waals surface area contributed by atoms with E-state index in [0.717, 1.165) is 34.9 Å². The van der Waals surface area contributed by atoms with Crippen LogP contribution in [0.15, 0.2) is 24.3 Å². The zero-order valence-corrected chi connectivity index (χ0v) is 11.2. The molecule has 0 bridgehead atoms. The SMILES string of the molecule is O=C(NCc1ccc(Cl)cc1)C1CCSCC1. The zero-order chi connectivity index (χ0) is 12.1. The lowest BCUT2D eigenvalue weighted by atomic mass is 10.0. The van der Waals surface area contributed by atoms with Gasteiger partial charge in [0.15, 0.2) is 0 Å². The molecule has 0 atom stereocenters. The number of carbonyl (C=O) groups excluding carboxylic acids is 1. The van der Waals surface area contributed by atoms with E-state index in [9.17, 15) is 4.79 Å². The number of rotatable bonds is 3. The third-order valence-electron chi connectivity index (χ3n) is 2.97. The number of benzene rings is 1. The summed E-state index contributed by atoms with van der Waals surface area (Å²) in [6, 6.07) is 7.58. The summed E-state index contributed by atoms with van der Waals surface area (Å²) in [6.07, 6.45) is 2.02. The summed E-state index contributed by atoms with van der Waals surface area (Å²) < 4.78 is 0. The summed E-state index contributed by atoms with van der Waals surface area (Å²) in [5, 5.41) is 3.72. The van der Waals surface area contributed by atoms with Crippen molar-refractivity contribution >= 4 is 29.3 Å². The molecule has 1 N–H and O–H groups in total. The number of nitrogens with one attached hydrogen (secondary N) is 1. The summed E-state index contributed by atoms with van der Waals surface area (Å²) in [4.78, 5) is 11.9. The smallest absolute Gasteiger partial charge is 0.223 e. The van der Waals surface area contributed by atoms with Crippen molar-refractivity contribution < 1.29 is 4.79 Å². The number of thioether (sulfide) groups is 1. The molecule has 1 amide bonds. The molecule has 1 aromatic carbocycles. The number of carbonyl (C=O) groups is 1. The molecule has 17 heavy (non-hydrogen) atoms. The van der Waals surface area contributed by atoms with Gasteiger partial charge in [-0.25, -0.2) is 0 Å². The highest BCUT2D eigenvalue weighted by atomic mass is 35.5. The van der Waals surface area contributed by atoms with Gasteiger partial charge in [-0.3, -0.25) is 4.79 Å². The zero-order valence-electron chi connectivity index (χ0n) is 9.62. The van der Waals surface area contributed by atoms with Crippen LogP contribution in [0.1, 0.15) is 18.4 Å². The van der Waals surface area contributed by atoms with Crippen LogP contribution in [0.4, 0.5) is 0 Å². The first kappa shape index (κ1) is 12.8. The van der Waals surface area contributed by atoms with Crippen LogP contribution >= 0.6 is 23.4 Å². The molecule has 0 aromatic heterocycles. The van der Waals surface area contributed by atoms with Crippen molar-refractivity contribution in [2.24, 2.45) is 5.92 Å². The fourth-order valence-electron chi connectivity index (χ4n) is 1.90. The Morgan fingerprint density at radius 1 is 1.29 bits per heavy atom. The van der Waals surface area contributed by atoms with E-state index in [0.29, 0.717) is 6.54 Å². The van der Waals surface area contributed by atoms with Crippen LogP contribution in [0.5, 0.6) is 0 Å². The van der Waals surface area contributed by atoms with E-state index < -0.39 is 0 Å². The molecule has 0 radical (unpaired) electrons. The van der Waals surface area contributed by atoms with Gasteiger partial charge in [0, 0.05) is 17.5 Å². The summed E-state index contributed by atoms with van der Waals surface area (Å²) in [5.74, 6) is 2.63. The maximum absolute atomic E-state index is 11.9. The predicted molar refractivity (Wildman–Crippen MR) is 73.3 cm³/mol. The van der Waals surface area contributed by atoms with E-state index in [1.165, 1.54) is 0 Å². The van der Waals surface area contributed by atoms with Gasteiger partial charge in [-0.2, -0.15) is 11.8 Å². The summed E-state index contributed by atoms with van der Waals surface area (Å²) in [6.45, 7) is 0.597. The molecule has 1 heterocycles. The van der Waals surface area contributed by atoms with Crippen molar-refractivity contribution in [3.05, 3.63) is 34.9 Å². The molecule has 1 fully saturated rings. The van der Waals surface area contributed by atoms with E-state index >= 15 is 0 Å². The molecule has 1 saturated heterocycles. The first-order valence-electron chi connectivity index (χ1n) is 5.85. The minimum Gasteiger partial charge on any atom is -0.352 e. The number of hydrogen-bond donors (Lipinski definition) is 1. The molecule has 1 aromatic rings. The average molecular weight is 270 g/mol. The monoisotopic (exact) mass is 269 g/mol. The fourth-order valence-corrected chi connectivity index (χ4v) is 3.13. The third-order valence-corrected chi connectivity index (χ3v) is 4.27. The Balaban J connectivity index is 1.81. The summed E-state index contributed by atoms with van der Waals surface area (Å²) in [5.41, 5.74) is 1.09. The Morgan fingerprint density at radius 3 is 2.59 bits per heavy atom. The Morgan fingerprint density at radius 2 is 1.94 bits per heavy atom. The van der Waals surface area contributed by atoms with Crippen LogP contribution in [-0.2, 0) is 11.3 Å². The molecule has 0 saturated carbocycles. The summed E-state index contributed by atoms with van der Waals surface area (Å²) in [7, 11) is 0. The second-order valence-corrected chi connectivity index (χ2v) is 5.89. The van der Waals surface area contributed by atoms with Gasteiger partial charge < -0.3 is 5.32 Å². The molecular weight excluding hydrogens is 254 g/mol. The van der Waals surface area contributed by atoms with E-state index in [1.807, 2.05) is 36.0 Å². The van der Waals surface area contributed by atoms with Crippen molar-refractivity contribution in [2.75, 3.05) is 11.5 Å². The largest absolute Gasteiger partial charge is 0.352 e. The molecule has 2 nitrogen and oxygen atoms in total. The van der Waals surface area contributed by atoms with Crippen LogP contribution in [0.3, 0.4) is 0 Å². The van der Waals surface area contributed by atoms with E-state index in [4.69, 9.17) is 11.6 Å². The summed E-state index contributed by atoms with van der Waals surface area (Å²) >= 11 is 7.74. The van der Waals surface area contributed by atoms with Gasteiger partial charge in [-0.05, 0) is 42.0 Å². The van der Waals surface area contributed by atoms with Gasteiger partial charge in [0.05, 0.1) is 0 Å². The molecule has 0 unspecified atom stereocenters. The highest BCUT2D eigenvalue weighted by Crippen LogP contribution is 2.22. The minimum absolute atomic E-state index is 0.195. The second kappa shape index (κ2) is 6.31. The van der Waals surface area contributed by atoms with E-state index in [2.05, 4.69) is 5.32 Å². The molecule has 0 spiro atoms. The van der Waals surface area contributed by atoms with E-state index in [1.54, 1.807) is 0 Å². The first-order chi connectivity index (χ1) is 8.25. The predicted octanol–water partition coefficient (Wildman–Crippen LogP) is 3.10. The van der Waals surface area contributed by atoms with Gasteiger partial charge in [-0.15, -0.1) is 0 Å². The van der Waals surface area contributed by atoms with Crippen LogP contribution in [-0.4, -0.2) is 17.4 Å². The molecule has 1 aliphatic rings. The molecule has 0 aliphatic carbocycles. The Hall–Kier alpha value is -0.670. The van der Waals surface area contributed by atoms with E-state index in [-0.39, 0.29) is 11.8 Å². The Kier molecular flexibility index (Phi) is 4.75. The molecular formula is C13H16ClNOS. The van der Waals surface area contributed by atoms with Gasteiger partial charge >= 0.3 is 0 Å². The average Bonchev–Trinajstić information content (AvgIpc) is 2.39. The lowest BCUT2D eigenvalue weighted by molar-refractivity contribution is -0.125.